The summed E-state index contributed by atoms with van der Waals surface area (Å²) in [7, 11) is 1.91. The van der Waals surface area contributed by atoms with E-state index >= 15 is 0 Å². The molecule has 1 aromatic heterocycles. The van der Waals surface area contributed by atoms with Crippen molar-refractivity contribution in [2.24, 2.45) is 18.9 Å². The zero-order valence-corrected chi connectivity index (χ0v) is 22.2. The average Bonchev–Trinajstić information content (AvgIpc) is 3.52. The first-order valence-electron chi connectivity index (χ1n) is 12.4. The predicted octanol–water partition coefficient (Wildman–Crippen LogP) is 2.26. The number of carbonyl (C=O) groups is 3. The lowest BCUT2D eigenvalue weighted by atomic mass is 9.79. The van der Waals surface area contributed by atoms with Crippen molar-refractivity contribution in [1.29, 1.82) is 0 Å². The van der Waals surface area contributed by atoms with Crippen LogP contribution in [0.15, 0.2) is 48.3 Å². The number of fused-ring (bicyclic) bond motifs is 1. The van der Waals surface area contributed by atoms with Crippen molar-refractivity contribution >= 4 is 29.7 Å². The predicted molar refractivity (Wildman–Crippen MR) is 138 cm³/mol. The molecule has 200 valence electrons. The highest BCUT2D eigenvalue weighted by Crippen LogP contribution is 2.52. The summed E-state index contributed by atoms with van der Waals surface area (Å²) in [5, 5.41) is 10.2. The monoisotopic (exact) mass is 530 g/mol. The van der Waals surface area contributed by atoms with Gasteiger partial charge in [-0.15, -0.1) is 11.8 Å². The number of aryl methyl sites for hydroxylation is 1. The van der Waals surface area contributed by atoms with Gasteiger partial charge in [0.2, 0.25) is 5.91 Å². The normalized spacial score (nSPS) is 27.6. The minimum atomic E-state index is -0.824. The van der Waals surface area contributed by atoms with E-state index < -0.39 is 24.1 Å². The Kier molecular flexibility index (Phi) is 8.13. The first-order chi connectivity index (χ1) is 17.7. The maximum atomic E-state index is 13.0. The standard InChI is InChI=1S/C26H34N4O6S/c1-6-10-35-25(33)22-23(15(3)21-20(16(4)31)24(32)30(21)22)37-18-12-17(13-19-27-8-9-28(19)5)29(14-18)26(34)36-11-7-2/h6-9,15-18,20-21,31H,1-2,10-14H2,3-5H3/t15-,16-,17+,18+,20-,21-/m1/s1. The van der Waals surface area contributed by atoms with Gasteiger partial charge in [0.1, 0.15) is 24.7 Å². The second-order valence-corrected chi connectivity index (χ2v) is 11.0. The van der Waals surface area contributed by atoms with Crippen LogP contribution in [-0.4, -0.2) is 85.6 Å². The molecule has 1 aromatic rings. The molecule has 37 heavy (non-hydrogen) atoms. The third-order valence-corrected chi connectivity index (χ3v) is 8.70. The summed E-state index contributed by atoms with van der Waals surface area (Å²) in [6.45, 7) is 11.3. The molecule has 3 aliphatic rings. The van der Waals surface area contributed by atoms with Gasteiger partial charge in [-0.1, -0.05) is 32.2 Å². The lowest BCUT2D eigenvalue weighted by molar-refractivity contribution is -0.164. The number of β-lactam (4-membered cyclic amide) rings is 1. The summed E-state index contributed by atoms with van der Waals surface area (Å²) in [6.07, 6.45) is 6.56. The maximum absolute atomic E-state index is 13.0. The van der Waals surface area contributed by atoms with Crippen LogP contribution in [0.1, 0.15) is 26.1 Å². The SMILES string of the molecule is C=CCOC(=O)C1=C(S[C@H]2C[C@@H](Cc3nccn3C)N(C(=O)OCC=C)C2)[C@H](C)[C@@H]2[C@@H]([C@@H](C)O)C(=O)N12. The number of ether oxygens (including phenoxy) is 2. The van der Waals surface area contributed by atoms with Crippen molar-refractivity contribution in [1.82, 2.24) is 19.4 Å². The molecule has 2 saturated heterocycles. The molecule has 0 saturated carbocycles. The van der Waals surface area contributed by atoms with Gasteiger partial charge in [0.05, 0.1) is 18.1 Å². The molecule has 2 fully saturated rings. The molecule has 0 unspecified atom stereocenters. The third-order valence-electron chi connectivity index (χ3n) is 7.20. The van der Waals surface area contributed by atoms with E-state index in [1.165, 1.54) is 28.8 Å². The molecule has 10 nitrogen and oxygen atoms in total. The van der Waals surface area contributed by atoms with Gasteiger partial charge in [-0.05, 0) is 13.3 Å². The molecule has 3 aliphatic heterocycles. The fourth-order valence-electron chi connectivity index (χ4n) is 5.44. The highest BCUT2D eigenvalue weighted by atomic mass is 32.2. The summed E-state index contributed by atoms with van der Waals surface area (Å²) in [5.41, 5.74) is 0.236. The summed E-state index contributed by atoms with van der Waals surface area (Å²) >= 11 is 1.50. The number of thioether (sulfide) groups is 1. The fourth-order valence-corrected chi connectivity index (χ4v) is 7.00. The van der Waals surface area contributed by atoms with E-state index in [-0.39, 0.29) is 48.1 Å². The molecule has 0 bridgehead atoms. The van der Waals surface area contributed by atoms with Gasteiger partial charge in [0, 0.05) is 54.5 Å². The van der Waals surface area contributed by atoms with Gasteiger partial charge >= 0.3 is 12.1 Å². The smallest absolute Gasteiger partial charge is 0.410 e. The number of hydrogen-bond donors (Lipinski definition) is 1. The van der Waals surface area contributed by atoms with Crippen molar-refractivity contribution in [2.75, 3.05) is 19.8 Å². The molecule has 0 aliphatic carbocycles. The first-order valence-corrected chi connectivity index (χ1v) is 13.3. The van der Waals surface area contributed by atoms with E-state index in [4.69, 9.17) is 9.47 Å². The third kappa shape index (κ3) is 5.06. The van der Waals surface area contributed by atoms with Gasteiger partial charge in [0.15, 0.2) is 0 Å². The van der Waals surface area contributed by atoms with E-state index in [0.29, 0.717) is 19.4 Å². The second-order valence-electron chi connectivity index (χ2n) is 9.66. The Morgan fingerprint density at radius 2 is 2.00 bits per heavy atom. The molecule has 4 rings (SSSR count). The Morgan fingerprint density at radius 3 is 2.62 bits per heavy atom. The Hall–Kier alpha value is -3.05. The number of esters is 1. The van der Waals surface area contributed by atoms with Gasteiger partial charge < -0.3 is 28.9 Å². The number of amides is 2. The van der Waals surface area contributed by atoms with Crippen molar-refractivity contribution in [3.63, 3.8) is 0 Å². The van der Waals surface area contributed by atoms with Crippen LogP contribution in [0, 0.1) is 11.8 Å². The number of imidazole rings is 1. The molecule has 1 N–H and O–H groups in total. The van der Waals surface area contributed by atoms with Gasteiger partial charge in [-0.25, -0.2) is 14.6 Å². The topological polar surface area (TPSA) is 114 Å². The van der Waals surface area contributed by atoms with Crippen molar-refractivity contribution in [3.8, 4) is 0 Å². The van der Waals surface area contributed by atoms with Crippen LogP contribution in [0.5, 0.6) is 0 Å². The van der Waals surface area contributed by atoms with Crippen molar-refractivity contribution in [2.45, 2.75) is 50.1 Å². The lowest BCUT2D eigenvalue weighted by Crippen LogP contribution is -2.63. The Morgan fingerprint density at radius 1 is 1.30 bits per heavy atom. The van der Waals surface area contributed by atoms with Crippen LogP contribution in [0.4, 0.5) is 4.79 Å². The zero-order chi connectivity index (χ0) is 26.9. The van der Waals surface area contributed by atoms with Gasteiger partial charge in [-0.3, -0.25) is 4.79 Å². The minimum absolute atomic E-state index is 0.0271. The fraction of sp³-hybridized carbons (Fsp3) is 0.538. The first kappa shape index (κ1) is 27.0. The number of aromatic nitrogens is 2. The maximum Gasteiger partial charge on any atom is 0.410 e. The van der Waals surface area contributed by atoms with Crippen LogP contribution >= 0.6 is 11.8 Å². The number of rotatable bonds is 10. The van der Waals surface area contributed by atoms with E-state index in [9.17, 15) is 19.5 Å². The molecule has 0 aromatic carbocycles. The van der Waals surface area contributed by atoms with E-state index in [0.717, 1.165) is 10.7 Å². The quantitative estimate of drug-likeness (QED) is 0.278. The van der Waals surface area contributed by atoms with E-state index in [2.05, 4.69) is 18.1 Å². The molecule has 4 heterocycles. The van der Waals surface area contributed by atoms with E-state index in [1.54, 1.807) is 18.0 Å². The number of nitrogens with zero attached hydrogens (tertiary/aromatic N) is 4. The second kappa shape index (κ2) is 11.1. The van der Waals surface area contributed by atoms with Crippen LogP contribution in [0.2, 0.25) is 0 Å². The molecule has 6 atom stereocenters. The van der Waals surface area contributed by atoms with Crippen LogP contribution in [0.25, 0.3) is 0 Å². The highest BCUT2D eigenvalue weighted by Gasteiger charge is 2.60. The van der Waals surface area contributed by atoms with Crippen LogP contribution < -0.4 is 0 Å². The molecule has 11 heteroatoms. The van der Waals surface area contributed by atoms with Crippen LogP contribution in [-0.2, 0) is 32.5 Å². The van der Waals surface area contributed by atoms with Crippen LogP contribution in [0.3, 0.4) is 0 Å². The number of aliphatic hydroxyl groups excluding tert-OH is 1. The highest BCUT2D eigenvalue weighted by molar-refractivity contribution is 8.03. The summed E-state index contributed by atoms with van der Waals surface area (Å²) in [5.74, 6) is -0.738. The minimum Gasteiger partial charge on any atom is -0.457 e. The summed E-state index contributed by atoms with van der Waals surface area (Å²) in [4.78, 5) is 47.2. The summed E-state index contributed by atoms with van der Waals surface area (Å²) in [6, 6.07) is -0.451. The number of hydrogen-bond acceptors (Lipinski definition) is 8. The number of carbonyl (C=O) groups excluding carboxylic acids is 3. The van der Waals surface area contributed by atoms with E-state index in [1.807, 2.05) is 24.7 Å². The number of likely N-dealkylation sites (tertiary alicyclic amines) is 1. The Balaban J connectivity index is 1.59. The molecular weight excluding hydrogens is 496 g/mol. The molecule has 2 amide bonds. The van der Waals surface area contributed by atoms with Gasteiger partial charge in [-0.2, -0.15) is 0 Å². The Bertz CT molecular complexity index is 1110. The molecule has 0 spiro atoms. The van der Waals surface area contributed by atoms with Crippen molar-refractivity contribution < 1.29 is 29.0 Å². The zero-order valence-electron chi connectivity index (χ0n) is 21.4. The number of aliphatic hydroxyl groups is 1. The van der Waals surface area contributed by atoms with Gasteiger partial charge in [0.25, 0.3) is 0 Å². The van der Waals surface area contributed by atoms with Crippen molar-refractivity contribution in [3.05, 3.63) is 54.1 Å². The molecule has 0 radical (unpaired) electrons. The Labute approximate surface area is 221 Å². The lowest BCUT2D eigenvalue weighted by Gasteiger charge is -2.46. The summed E-state index contributed by atoms with van der Waals surface area (Å²) < 4.78 is 12.6. The largest absolute Gasteiger partial charge is 0.457 e. The average molecular weight is 531 g/mol. The molecular formula is C26H34N4O6S.